The molecule has 0 heterocycles. The molecule has 3 nitrogen and oxygen atoms in total. The number of carbonyl (C=O) groups excluding carboxylic acids is 2. The topological polar surface area (TPSA) is 37.4 Å². The van der Waals surface area contributed by atoms with Gasteiger partial charge in [0.2, 0.25) is 5.78 Å². The first kappa shape index (κ1) is 11.4. The van der Waals surface area contributed by atoms with Crippen LogP contribution in [0.2, 0.25) is 0 Å². The molecule has 80 valence electrons. The molecule has 0 aliphatic rings. The molecule has 1 amide bonds. The van der Waals surface area contributed by atoms with Crippen molar-refractivity contribution in [2.24, 2.45) is 0 Å². The van der Waals surface area contributed by atoms with Crippen LogP contribution in [0.25, 0.3) is 0 Å². The summed E-state index contributed by atoms with van der Waals surface area (Å²) in [6, 6.07) is 3.87. The number of rotatable bonds is 2. The number of amides is 1. The van der Waals surface area contributed by atoms with Gasteiger partial charge in [0, 0.05) is 19.7 Å². The van der Waals surface area contributed by atoms with Crippen LogP contribution >= 0.6 is 0 Å². The second-order valence-corrected chi connectivity index (χ2v) is 3.49. The second kappa shape index (κ2) is 4.21. The molecule has 0 saturated heterocycles. The predicted molar refractivity (Wildman–Crippen MR) is 54.2 cm³/mol. The molecular formula is C11H12FNO2. The summed E-state index contributed by atoms with van der Waals surface area (Å²) in [6.07, 6.45) is 0. The minimum Gasteiger partial charge on any atom is -0.342 e. The lowest BCUT2D eigenvalue weighted by Crippen LogP contribution is -2.29. The van der Waals surface area contributed by atoms with E-state index in [0.717, 1.165) is 0 Å². The zero-order valence-electron chi connectivity index (χ0n) is 8.87. The van der Waals surface area contributed by atoms with Crippen molar-refractivity contribution >= 4 is 11.7 Å². The number of hydrogen-bond acceptors (Lipinski definition) is 2. The lowest BCUT2D eigenvalue weighted by molar-refractivity contribution is -0.124. The largest absolute Gasteiger partial charge is 0.342 e. The van der Waals surface area contributed by atoms with Gasteiger partial charge < -0.3 is 4.90 Å². The van der Waals surface area contributed by atoms with Gasteiger partial charge in [-0.05, 0) is 30.7 Å². The number of Topliss-reactive ketones (excluding diaryl/α,β-unsaturated/α-hetero) is 1. The van der Waals surface area contributed by atoms with Crippen molar-refractivity contribution in [3.63, 3.8) is 0 Å². The summed E-state index contributed by atoms with van der Waals surface area (Å²) in [7, 11) is 2.99. The Balaban J connectivity index is 3.02. The number of carbonyl (C=O) groups is 2. The molecule has 4 heteroatoms. The maximum Gasteiger partial charge on any atom is 0.294 e. The van der Waals surface area contributed by atoms with E-state index in [1.807, 2.05) is 0 Å². The summed E-state index contributed by atoms with van der Waals surface area (Å²) in [5, 5.41) is 0. The molecule has 1 rings (SSSR count). The van der Waals surface area contributed by atoms with E-state index in [1.54, 1.807) is 6.92 Å². The van der Waals surface area contributed by atoms with Crippen LogP contribution in [0, 0.1) is 12.7 Å². The Morgan fingerprint density at radius 3 is 2.33 bits per heavy atom. The summed E-state index contributed by atoms with van der Waals surface area (Å²) in [5.74, 6) is -1.62. The molecule has 15 heavy (non-hydrogen) atoms. The maximum atomic E-state index is 12.9. The van der Waals surface area contributed by atoms with Crippen LogP contribution in [0.4, 0.5) is 4.39 Å². The summed E-state index contributed by atoms with van der Waals surface area (Å²) in [5.41, 5.74) is 0.569. The Morgan fingerprint density at radius 1 is 1.27 bits per heavy atom. The van der Waals surface area contributed by atoms with Gasteiger partial charge in [0.1, 0.15) is 5.82 Å². The standard InChI is InChI=1S/C11H12FNO2/c1-7-6-8(4-5-9(7)12)10(14)11(15)13(2)3/h4-6H,1-3H3. The minimum atomic E-state index is -0.622. The number of halogens is 1. The van der Waals surface area contributed by atoms with E-state index < -0.39 is 11.7 Å². The second-order valence-electron chi connectivity index (χ2n) is 3.49. The summed E-state index contributed by atoms with van der Waals surface area (Å²) in [4.78, 5) is 24.1. The van der Waals surface area contributed by atoms with Crippen LogP contribution in [0.1, 0.15) is 15.9 Å². The molecule has 0 aliphatic heterocycles. The highest BCUT2D eigenvalue weighted by molar-refractivity contribution is 6.42. The molecule has 1 aromatic carbocycles. The maximum absolute atomic E-state index is 12.9. The van der Waals surface area contributed by atoms with E-state index in [4.69, 9.17) is 0 Å². The third kappa shape index (κ3) is 2.40. The van der Waals surface area contributed by atoms with E-state index in [-0.39, 0.29) is 11.4 Å². The first-order valence-corrected chi connectivity index (χ1v) is 4.45. The Hall–Kier alpha value is -1.71. The molecular weight excluding hydrogens is 197 g/mol. The molecule has 0 aromatic heterocycles. The fraction of sp³-hybridized carbons (Fsp3) is 0.273. The molecule has 1 aromatic rings. The van der Waals surface area contributed by atoms with Gasteiger partial charge in [-0.1, -0.05) is 0 Å². The molecule has 0 saturated carbocycles. The van der Waals surface area contributed by atoms with Crippen molar-refractivity contribution in [3.8, 4) is 0 Å². The quantitative estimate of drug-likeness (QED) is 0.545. The summed E-state index contributed by atoms with van der Waals surface area (Å²) >= 11 is 0. The highest BCUT2D eigenvalue weighted by atomic mass is 19.1. The molecule has 0 fully saturated rings. The average molecular weight is 209 g/mol. The SMILES string of the molecule is Cc1cc(C(=O)C(=O)N(C)C)ccc1F. The van der Waals surface area contributed by atoms with E-state index in [0.29, 0.717) is 5.56 Å². The normalized spacial score (nSPS) is 9.87. The Bertz CT molecular complexity index is 413. The number of hydrogen-bond donors (Lipinski definition) is 0. The average Bonchev–Trinajstić information content (AvgIpc) is 2.19. The lowest BCUT2D eigenvalue weighted by Gasteiger charge is -2.09. The minimum absolute atomic E-state index is 0.215. The first-order chi connectivity index (χ1) is 6.93. The lowest BCUT2D eigenvalue weighted by atomic mass is 10.1. The first-order valence-electron chi connectivity index (χ1n) is 4.45. The van der Waals surface area contributed by atoms with Crippen LogP contribution in [-0.2, 0) is 4.79 Å². The summed E-state index contributed by atoms with van der Waals surface area (Å²) in [6.45, 7) is 1.55. The van der Waals surface area contributed by atoms with Gasteiger partial charge >= 0.3 is 0 Å². The molecule has 0 atom stereocenters. The van der Waals surface area contributed by atoms with Crippen LogP contribution in [0.3, 0.4) is 0 Å². The number of nitrogens with zero attached hydrogens (tertiary/aromatic N) is 1. The van der Waals surface area contributed by atoms with Gasteiger partial charge in [0.25, 0.3) is 5.91 Å². The molecule has 0 spiro atoms. The predicted octanol–water partition coefficient (Wildman–Crippen LogP) is 1.41. The van der Waals surface area contributed by atoms with E-state index in [2.05, 4.69) is 0 Å². The Morgan fingerprint density at radius 2 is 1.87 bits per heavy atom. The molecule has 0 aliphatic carbocycles. The van der Waals surface area contributed by atoms with Gasteiger partial charge in [-0.25, -0.2) is 4.39 Å². The van der Waals surface area contributed by atoms with Crippen LogP contribution in [0.15, 0.2) is 18.2 Å². The zero-order valence-corrected chi connectivity index (χ0v) is 8.87. The van der Waals surface area contributed by atoms with E-state index in [9.17, 15) is 14.0 Å². The van der Waals surface area contributed by atoms with Crippen molar-refractivity contribution in [2.45, 2.75) is 6.92 Å². The van der Waals surface area contributed by atoms with E-state index >= 15 is 0 Å². The van der Waals surface area contributed by atoms with Crippen LogP contribution in [0.5, 0.6) is 0 Å². The van der Waals surface area contributed by atoms with Crippen LogP contribution in [-0.4, -0.2) is 30.7 Å². The smallest absolute Gasteiger partial charge is 0.294 e. The highest BCUT2D eigenvalue weighted by Gasteiger charge is 2.18. The Kier molecular flexibility index (Phi) is 3.19. The van der Waals surface area contributed by atoms with Crippen molar-refractivity contribution in [1.29, 1.82) is 0 Å². The van der Waals surface area contributed by atoms with Gasteiger partial charge in [-0.2, -0.15) is 0 Å². The highest BCUT2D eigenvalue weighted by Crippen LogP contribution is 2.10. The summed E-state index contributed by atoms with van der Waals surface area (Å²) < 4.78 is 12.9. The fourth-order valence-corrected chi connectivity index (χ4v) is 1.11. The van der Waals surface area contributed by atoms with Gasteiger partial charge in [0.15, 0.2) is 0 Å². The number of aryl methyl sites for hydroxylation is 1. The molecule has 0 radical (unpaired) electrons. The van der Waals surface area contributed by atoms with E-state index in [1.165, 1.54) is 37.2 Å². The van der Waals surface area contributed by atoms with Crippen molar-refractivity contribution in [2.75, 3.05) is 14.1 Å². The van der Waals surface area contributed by atoms with Gasteiger partial charge in [-0.15, -0.1) is 0 Å². The monoisotopic (exact) mass is 209 g/mol. The third-order valence-electron chi connectivity index (χ3n) is 2.02. The van der Waals surface area contributed by atoms with Gasteiger partial charge in [-0.3, -0.25) is 9.59 Å². The van der Waals surface area contributed by atoms with Crippen LogP contribution < -0.4 is 0 Å². The van der Waals surface area contributed by atoms with Crippen molar-refractivity contribution < 1.29 is 14.0 Å². The fourth-order valence-electron chi connectivity index (χ4n) is 1.11. The third-order valence-corrected chi connectivity index (χ3v) is 2.02. The Labute approximate surface area is 87.5 Å². The van der Waals surface area contributed by atoms with Crippen molar-refractivity contribution in [3.05, 3.63) is 35.1 Å². The number of benzene rings is 1. The number of likely N-dealkylation sites (N-methyl/N-ethyl adjacent to an activating group) is 1. The van der Waals surface area contributed by atoms with Crippen molar-refractivity contribution in [1.82, 2.24) is 4.90 Å². The molecule has 0 bridgehead atoms. The van der Waals surface area contributed by atoms with Gasteiger partial charge in [0.05, 0.1) is 0 Å². The molecule has 0 N–H and O–H groups in total. The number of ketones is 1. The molecule has 0 unspecified atom stereocenters. The zero-order chi connectivity index (χ0) is 11.6.